The van der Waals surface area contributed by atoms with Gasteiger partial charge in [0.25, 0.3) is 5.56 Å². The minimum absolute atomic E-state index is 0.101. The number of carbonyl (C=O) groups is 1. The first-order chi connectivity index (χ1) is 13.2. The number of carbonyl (C=O) groups excluding carboxylic acids is 1. The van der Waals surface area contributed by atoms with Gasteiger partial charge in [0.05, 0.1) is 17.5 Å². The van der Waals surface area contributed by atoms with E-state index in [0.29, 0.717) is 22.9 Å². The van der Waals surface area contributed by atoms with Crippen LogP contribution >= 0.6 is 0 Å². The lowest BCUT2D eigenvalue weighted by Gasteiger charge is -2.27. The number of hydrogen-bond acceptors (Lipinski definition) is 4. The Morgan fingerprint density at radius 2 is 1.96 bits per heavy atom. The number of amides is 1. The number of anilines is 1. The van der Waals surface area contributed by atoms with Gasteiger partial charge in [0, 0.05) is 12.6 Å². The van der Waals surface area contributed by atoms with Gasteiger partial charge in [-0.2, -0.15) is 5.10 Å². The van der Waals surface area contributed by atoms with Crippen molar-refractivity contribution in [3.8, 4) is 11.5 Å². The van der Waals surface area contributed by atoms with Crippen LogP contribution in [-0.4, -0.2) is 25.9 Å². The molecule has 1 saturated carbocycles. The van der Waals surface area contributed by atoms with Crippen LogP contribution in [0, 0.1) is 0 Å². The lowest BCUT2D eigenvalue weighted by atomic mass is 9.91. The lowest BCUT2D eigenvalue weighted by Crippen LogP contribution is -2.27. The molecule has 1 amide bonds. The predicted molar refractivity (Wildman–Crippen MR) is 98.6 cm³/mol. The van der Waals surface area contributed by atoms with Gasteiger partial charge in [-0.1, -0.05) is 19.3 Å². The Kier molecular flexibility index (Phi) is 3.77. The summed E-state index contributed by atoms with van der Waals surface area (Å²) in [6.45, 7) is 0. The minimum Gasteiger partial charge on any atom is -0.459 e. The standard InChI is InChI=1S/C19H21N5O3/c25-16-10-12(14-6-7-15(27-14)13-8-9-20-22-13)17-18(21-16)24(23-19(17)26)11-4-2-1-3-5-11/h6-9,11-12H,1-5,10H2,(H,20,22)(H,21,25)(H,23,26). The molecule has 1 unspecified atom stereocenters. The van der Waals surface area contributed by atoms with Gasteiger partial charge < -0.3 is 9.73 Å². The number of nitrogens with zero attached hydrogens (tertiary/aromatic N) is 2. The third-order valence-electron chi connectivity index (χ3n) is 5.63. The molecule has 4 heterocycles. The molecule has 0 spiro atoms. The fourth-order valence-corrected chi connectivity index (χ4v) is 4.32. The van der Waals surface area contributed by atoms with E-state index in [-0.39, 0.29) is 29.8 Å². The number of rotatable bonds is 3. The van der Waals surface area contributed by atoms with Crippen molar-refractivity contribution in [2.75, 3.05) is 5.32 Å². The zero-order chi connectivity index (χ0) is 18.4. The number of aromatic nitrogens is 4. The highest BCUT2D eigenvalue weighted by Crippen LogP contribution is 2.39. The fourth-order valence-electron chi connectivity index (χ4n) is 4.32. The summed E-state index contributed by atoms with van der Waals surface area (Å²) in [5.41, 5.74) is 1.20. The van der Waals surface area contributed by atoms with Gasteiger partial charge in [0.15, 0.2) is 5.76 Å². The lowest BCUT2D eigenvalue weighted by molar-refractivity contribution is -0.116. The van der Waals surface area contributed by atoms with Gasteiger partial charge in [-0.15, -0.1) is 0 Å². The monoisotopic (exact) mass is 367 g/mol. The number of H-pyrrole nitrogens is 2. The van der Waals surface area contributed by atoms with Crippen LogP contribution < -0.4 is 10.9 Å². The van der Waals surface area contributed by atoms with E-state index in [0.717, 1.165) is 31.4 Å². The maximum absolute atomic E-state index is 12.8. The summed E-state index contributed by atoms with van der Waals surface area (Å²) in [5, 5.41) is 12.7. The number of fused-ring (bicyclic) bond motifs is 1. The number of hydrogen-bond donors (Lipinski definition) is 3. The average molecular weight is 367 g/mol. The van der Waals surface area contributed by atoms with Crippen LogP contribution in [-0.2, 0) is 4.79 Å². The van der Waals surface area contributed by atoms with E-state index in [9.17, 15) is 9.59 Å². The van der Waals surface area contributed by atoms with E-state index in [2.05, 4.69) is 20.6 Å². The van der Waals surface area contributed by atoms with Crippen molar-refractivity contribution in [3.05, 3.63) is 46.1 Å². The van der Waals surface area contributed by atoms with Crippen LogP contribution in [0.5, 0.6) is 0 Å². The second-order valence-corrected chi connectivity index (χ2v) is 7.34. The molecule has 0 aromatic carbocycles. The molecule has 2 aliphatic rings. The molecule has 140 valence electrons. The average Bonchev–Trinajstić information content (AvgIpc) is 3.42. The third kappa shape index (κ3) is 2.72. The highest BCUT2D eigenvalue weighted by atomic mass is 16.3. The topological polar surface area (TPSA) is 109 Å². The molecule has 0 radical (unpaired) electrons. The van der Waals surface area contributed by atoms with Crippen molar-refractivity contribution in [2.24, 2.45) is 0 Å². The van der Waals surface area contributed by atoms with Gasteiger partial charge in [-0.25, -0.2) is 0 Å². The van der Waals surface area contributed by atoms with Gasteiger partial charge in [-0.05, 0) is 31.0 Å². The summed E-state index contributed by atoms with van der Waals surface area (Å²) in [6.07, 6.45) is 7.39. The molecule has 1 atom stereocenters. The second kappa shape index (κ2) is 6.29. The Hall–Kier alpha value is -3.03. The molecule has 5 rings (SSSR count). The van der Waals surface area contributed by atoms with E-state index in [4.69, 9.17) is 4.42 Å². The van der Waals surface area contributed by atoms with Crippen LogP contribution in [0.3, 0.4) is 0 Å². The third-order valence-corrected chi connectivity index (χ3v) is 5.63. The van der Waals surface area contributed by atoms with E-state index < -0.39 is 0 Å². The SMILES string of the molecule is O=C1CC(c2ccc(-c3ccn[nH]3)o2)c2c(n(C3CCCCC3)[nH]c2=O)N1. The second-order valence-electron chi connectivity index (χ2n) is 7.34. The number of nitrogens with one attached hydrogen (secondary N) is 3. The fraction of sp³-hybridized carbons (Fsp3) is 0.421. The Morgan fingerprint density at radius 1 is 1.11 bits per heavy atom. The first-order valence-corrected chi connectivity index (χ1v) is 9.44. The molecule has 0 saturated heterocycles. The van der Waals surface area contributed by atoms with Gasteiger partial charge in [-0.3, -0.25) is 24.5 Å². The quantitative estimate of drug-likeness (QED) is 0.661. The van der Waals surface area contributed by atoms with E-state index in [1.165, 1.54) is 6.42 Å². The summed E-state index contributed by atoms with van der Waals surface area (Å²) in [4.78, 5) is 25.2. The molecule has 3 N–H and O–H groups in total. The van der Waals surface area contributed by atoms with Crippen LogP contribution in [0.25, 0.3) is 11.5 Å². The molecule has 3 aromatic rings. The molecule has 1 aliphatic carbocycles. The zero-order valence-electron chi connectivity index (χ0n) is 14.8. The molecule has 1 fully saturated rings. The highest BCUT2D eigenvalue weighted by molar-refractivity contribution is 5.94. The molecule has 3 aromatic heterocycles. The van der Waals surface area contributed by atoms with Crippen LogP contribution in [0.2, 0.25) is 0 Å². The molecule has 27 heavy (non-hydrogen) atoms. The summed E-state index contributed by atoms with van der Waals surface area (Å²) in [7, 11) is 0. The summed E-state index contributed by atoms with van der Waals surface area (Å²) < 4.78 is 7.84. The Balaban J connectivity index is 1.56. The maximum atomic E-state index is 12.8. The van der Waals surface area contributed by atoms with E-state index in [1.54, 1.807) is 6.20 Å². The number of aromatic amines is 2. The maximum Gasteiger partial charge on any atom is 0.270 e. The first kappa shape index (κ1) is 16.2. The summed E-state index contributed by atoms with van der Waals surface area (Å²) >= 11 is 0. The normalized spacial score (nSPS) is 20.4. The van der Waals surface area contributed by atoms with Crippen molar-refractivity contribution >= 4 is 11.7 Å². The van der Waals surface area contributed by atoms with Crippen molar-refractivity contribution < 1.29 is 9.21 Å². The predicted octanol–water partition coefficient (Wildman–Crippen LogP) is 3.14. The van der Waals surface area contributed by atoms with E-state index in [1.807, 2.05) is 22.9 Å². The van der Waals surface area contributed by atoms with Crippen molar-refractivity contribution in [3.63, 3.8) is 0 Å². The minimum atomic E-state index is -0.390. The Morgan fingerprint density at radius 3 is 2.74 bits per heavy atom. The van der Waals surface area contributed by atoms with Crippen LogP contribution in [0.15, 0.2) is 33.6 Å². The smallest absolute Gasteiger partial charge is 0.270 e. The molecule has 8 nitrogen and oxygen atoms in total. The van der Waals surface area contributed by atoms with Crippen molar-refractivity contribution in [2.45, 2.75) is 50.5 Å². The van der Waals surface area contributed by atoms with Crippen LogP contribution in [0.4, 0.5) is 5.82 Å². The molecule has 0 bridgehead atoms. The molecule has 8 heteroatoms. The van der Waals surface area contributed by atoms with Crippen molar-refractivity contribution in [1.82, 2.24) is 20.0 Å². The number of furan rings is 1. The molecule has 1 aliphatic heterocycles. The van der Waals surface area contributed by atoms with Gasteiger partial charge in [0.2, 0.25) is 5.91 Å². The van der Waals surface area contributed by atoms with Gasteiger partial charge in [0.1, 0.15) is 17.3 Å². The summed E-state index contributed by atoms with van der Waals surface area (Å²) in [6, 6.07) is 5.71. The van der Waals surface area contributed by atoms with Crippen LogP contribution in [0.1, 0.15) is 61.8 Å². The summed E-state index contributed by atoms with van der Waals surface area (Å²) in [5.74, 6) is 1.36. The Labute approximate surface area is 154 Å². The first-order valence-electron chi connectivity index (χ1n) is 9.44. The Bertz CT molecular complexity index is 1020. The molecular weight excluding hydrogens is 346 g/mol. The van der Waals surface area contributed by atoms with E-state index >= 15 is 0 Å². The van der Waals surface area contributed by atoms with Crippen molar-refractivity contribution in [1.29, 1.82) is 0 Å². The highest BCUT2D eigenvalue weighted by Gasteiger charge is 2.36. The van der Waals surface area contributed by atoms with Gasteiger partial charge >= 0.3 is 0 Å². The molecular formula is C19H21N5O3. The zero-order valence-corrected chi connectivity index (χ0v) is 14.8. The largest absolute Gasteiger partial charge is 0.459 e.